The third-order valence-electron chi connectivity index (χ3n) is 4.24. The fourth-order valence-corrected chi connectivity index (χ4v) is 2.36. The molecule has 0 amide bonds. The van der Waals surface area contributed by atoms with Gasteiger partial charge in [-0.3, -0.25) is 0 Å². The molecular weight excluding hydrogens is 440 g/mol. The Labute approximate surface area is 199 Å². The summed E-state index contributed by atoms with van der Waals surface area (Å²) in [6, 6.07) is 3.23. The van der Waals surface area contributed by atoms with E-state index in [4.69, 9.17) is 9.47 Å². The molecule has 2 heterocycles. The lowest BCUT2D eigenvalue weighted by atomic mass is 10.1. The molecule has 0 aliphatic carbocycles. The van der Waals surface area contributed by atoms with Gasteiger partial charge >= 0.3 is 17.9 Å². The number of cyclic esters (lactones) is 1. The van der Waals surface area contributed by atoms with E-state index >= 15 is 0 Å². The van der Waals surface area contributed by atoms with E-state index < -0.39 is 24.0 Å². The summed E-state index contributed by atoms with van der Waals surface area (Å²) in [5, 5.41) is 9.52. The van der Waals surface area contributed by atoms with Crippen LogP contribution < -0.4 is 4.74 Å². The summed E-state index contributed by atoms with van der Waals surface area (Å²) in [5.41, 5.74) is 1.99. The fraction of sp³-hybridized carbons (Fsp3) is 0.280. The van der Waals surface area contributed by atoms with E-state index in [2.05, 4.69) is 29.5 Å². The number of phenolic OH excluding ortho intramolecular Hbond substituents is 1. The molecule has 1 aliphatic rings. The number of aromatic hydroxyl groups is 1. The molecule has 0 spiro atoms. The third-order valence-corrected chi connectivity index (χ3v) is 4.24. The van der Waals surface area contributed by atoms with E-state index in [0.717, 1.165) is 0 Å². The van der Waals surface area contributed by atoms with E-state index in [1.54, 1.807) is 56.2 Å². The number of aromatic nitrogens is 2. The number of carbonyl (C=O) groups is 3. The predicted molar refractivity (Wildman–Crippen MR) is 127 cm³/mol. The molecule has 1 aromatic carbocycles. The van der Waals surface area contributed by atoms with E-state index in [1.807, 2.05) is 6.20 Å². The van der Waals surface area contributed by atoms with Gasteiger partial charge in [0.15, 0.2) is 0 Å². The maximum Gasteiger partial charge on any atom is 0.347 e. The number of ether oxygens (including phenoxy) is 3. The number of rotatable bonds is 5. The maximum atomic E-state index is 11.2. The van der Waals surface area contributed by atoms with Crippen LogP contribution in [0.2, 0.25) is 0 Å². The number of hydrogen-bond acceptors (Lipinski definition) is 8. The summed E-state index contributed by atoms with van der Waals surface area (Å²) in [5.74, 6) is -0.816. The zero-order valence-electron chi connectivity index (χ0n) is 19.9. The first-order chi connectivity index (χ1) is 16.0. The van der Waals surface area contributed by atoms with Gasteiger partial charge in [-0.2, -0.15) is 0 Å². The first kappa shape index (κ1) is 27.9. The van der Waals surface area contributed by atoms with Crippen LogP contribution in [-0.4, -0.2) is 45.3 Å². The molecule has 1 atom stereocenters. The van der Waals surface area contributed by atoms with Crippen molar-refractivity contribution in [2.45, 2.75) is 40.2 Å². The van der Waals surface area contributed by atoms with Crippen molar-refractivity contribution in [2.24, 2.45) is 0 Å². The molecule has 2 aromatic rings. The van der Waals surface area contributed by atoms with E-state index in [9.17, 15) is 19.5 Å². The van der Waals surface area contributed by atoms with Crippen LogP contribution in [0.25, 0.3) is 6.20 Å². The van der Waals surface area contributed by atoms with Crippen LogP contribution in [0, 0.1) is 13.8 Å². The van der Waals surface area contributed by atoms with Gasteiger partial charge in [0.2, 0.25) is 6.10 Å². The second kappa shape index (κ2) is 13.4. The van der Waals surface area contributed by atoms with Crippen molar-refractivity contribution in [3.63, 3.8) is 0 Å². The lowest BCUT2D eigenvalue weighted by Crippen LogP contribution is -2.22. The SMILES string of the molecule is C=C(C)C(=O)OC1CCOC1=O.C=C(C)C(=O)Oc1cc(C)c(O)c(C)c1.C=Cn1ccnc1. The third kappa shape index (κ3) is 9.15. The molecule has 182 valence electrons. The highest BCUT2D eigenvalue weighted by Crippen LogP contribution is 2.27. The topological polar surface area (TPSA) is 117 Å². The van der Waals surface area contributed by atoms with Crippen molar-refractivity contribution in [2.75, 3.05) is 6.61 Å². The molecule has 34 heavy (non-hydrogen) atoms. The number of phenols is 1. The zero-order chi connectivity index (χ0) is 25.8. The van der Waals surface area contributed by atoms with Gasteiger partial charge in [-0.05, 0) is 51.0 Å². The highest BCUT2D eigenvalue weighted by atomic mass is 16.6. The first-order valence-electron chi connectivity index (χ1n) is 10.3. The van der Waals surface area contributed by atoms with E-state index in [0.29, 0.717) is 35.5 Å². The minimum atomic E-state index is -0.728. The maximum absolute atomic E-state index is 11.2. The van der Waals surface area contributed by atoms with Gasteiger partial charge in [0, 0.05) is 36.2 Å². The van der Waals surface area contributed by atoms with E-state index in [1.165, 1.54) is 6.92 Å². The number of aryl methyl sites for hydroxylation is 2. The van der Waals surface area contributed by atoms with Gasteiger partial charge < -0.3 is 23.9 Å². The Kier molecular flexibility index (Phi) is 11.0. The minimum Gasteiger partial charge on any atom is -0.507 e. The quantitative estimate of drug-likeness (QED) is 0.397. The van der Waals surface area contributed by atoms with Gasteiger partial charge in [0.25, 0.3) is 0 Å². The molecule has 1 fully saturated rings. The Morgan fingerprint density at radius 3 is 2.15 bits per heavy atom. The molecule has 1 N–H and O–H groups in total. The molecule has 9 nitrogen and oxygen atoms in total. The number of nitrogens with zero attached hydrogens (tertiary/aromatic N) is 2. The summed E-state index contributed by atoms with van der Waals surface area (Å²) in [6.07, 6.45) is 6.63. The van der Waals surface area contributed by atoms with Gasteiger partial charge in [-0.1, -0.05) is 19.7 Å². The van der Waals surface area contributed by atoms with Crippen molar-refractivity contribution in [3.8, 4) is 11.5 Å². The fourth-order valence-electron chi connectivity index (χ4n) is 2.36. The Bertz CT molecular complexity index is 1030. The molecule has 1 aromatic heterocycles. The van der Waals surface area contributed by atoms with Crippen molar-refractivity contribution < 1.29 is 33.7 Å². The number of benzene rings is 1. The molecule has 0 saturated carbocycles. The Hall–Kier alpha value is -4.14. The number of carbonyl (C=O) groups excluding carboxylic acids is 3. The average Bonchev–Trinajstić information content (AvgIpc) is 3.44. The monoisotopic (exact) mass is 470 g/mol. The zero-order valence-corrected chi connectivity index (χ0v) is 19.9. The minimum absolute atomic E-state index is 0.227. The van der Waals surface area contributed by atoms with Gasteiger partial charge in [0.1, 0.15) is 11.5 Å². The summed E-state index contributed by atoms with van der Waals surface area (Å²) < 4.78 is 16.2. The number of imidazole rings is 1. The molecule has 1 saturated heterocycles. The molecule has 1 aliphatic heterocycles. The smallest absolute Gasteiger partial charge is 0.347 e. The van der Waals surface area contributed by atoms with Gasteiger partial charge in [-0.15, -0.1) is 0 Å². The van der Waals surface area contributed by atoms with Crippen LogP contribution in [0.4, 0.5) is 0 Å². The molecule has 1 unspecified atom stereocenters. The summed E-state index contributed by atoms with van der Waals surface area (Å²) in [7, 11) is 0. The van der Waals surface area contributed by atoms with Crippen LogP contribution in [-0.2, 0) is 23.9 Å². The molecule has 3 rings (SSSR count). The molecule has 0 radical (unpaired) electrons. The standard InChI is InChI=1S/C12H14O3.C8H10O4.C5H6N2/c1-7(2)12(14)15-10-5-8(3)11(13)9(4)6-10;1-5(2)7(9)12-6-3-4-11-8(6)10;1-2-7-4-3-6-5-7/h5-6,13H,1H2,2-4H3;6H,1,3-4H2,2H3;2-5H,1H2. The molecule has 0 bridgehead atoms. The lowest BCUT2D eigenvalue weighted by Gasteiger charge is -2.08. The largest absolute Gasteiger partial charge is 0.507 e. The number of esters is 3. The Morgan fingerprint density at radius 1 is 1.18 bits per heavy atom. The Balaban J connectivity index is 0.000000271. The van der Waals surface area contributed by atoms with Crippen LogP contribution in [0.15, 0.2) is 61.7 Å². The van der Waals surface area contributed by atoms with Crippen LogP contribution >= 0.6 is 0 Å². The van der Waals surface area contributed by atoms with Gasteiger partial charge in [-0.25, -0.2) is 19.4 Å². The normalized spacial score (nSPS) is 13.8. The molecular formula is C25H30N2O7. The van der Waals surface area contributed by atoms with Crippen molar-refractivity contribution >= 4 is 24.1 Å². The van der Waals surface area contributed by atoms with Crippen LogP contribution in [0.1, 0.15) is 31.4 Å². The Morgan fingerprint density at radius 2 is 1.76 bits per heavy atom. The second-order valence-electron chi connectivity index (χ2n) is 7.40. The highest BCUT2D eigenvalue weighted by molar-refractivity contribution is 5.90. The highest BCUT2D eigenvalue weighted by Gasteiger charge is 2.30. The molecule has 9 heteroatoms. The first-order valence-corrected chi connectivity index (χ1v) is 10.3. The van der Waals surface area contributed by atoms with Crippen LogP contribution in [0.5, 0.6) is 11.5 Å². The summed E-state index contributed by atoms with van der Waals surface area (Å²) in [4.78, 5) is 36.7. The predicted octanol–water partition coefficient (Wildman–Crippen LogP) is 3.90. The van der Waals surface area contributed by atoms with Crippen molar-refractivity contribution in [3.05, 3.63) is 72.9 Å². The van der Waals surface area contributed by atoms with Gasteiger partial charge in [0.05, 0.1) is 12.9 Å². The lowest BCUT2D eigenvalue weighted by molar-refractivity contribution is -0.157. The van der Waals surface area contributed by atoms with Crippen molar-refractivity contribution in [1.29, 1.82) is 0 Å². The van der Waals surface area contributed by atoms with Crippen molar-refractivity contribution in [1.82, 2.24) is 9.55 Å². The summed E-state index contributed by atoms with van der Waals surface area (Å²) >= 11 is 0. The summed E-state index contributed by atoms with van der Waals surface area (Å²) in [6.45, 7) is 17.4. The van der Waals surface area contributed by atoms with E-state index in [-0.39, 0.29) is 11.3 Å². The second-order valence-corrected chi connectivity index (χ2v) is 7.40. The number of hydrogen-bond donors (Lipinski definition) is 1. The average molecular weight is 471 g/mol. The van der Waals surface area contributed by atoms with Crippen LogP contribution in [0.3, 0.4) is 0 Å².